The molecule has 4 rings (SSSR count). The van der Waals surface area contributed by atoms with E-state index in [4.69, 9.17) is 15.2 Å². The molecule has 0 aliphatic heterocycles. The molecule has 0 aliphatic rings. The summed E-state index contributed by atoms with van der Waals surface area (Å²) in [6.45, 7) is 2.02. The lowest BCUT2D eigenvalue weighted by Crippen LogP contribution is -2.16. The maximum atomic E-state index is 10.9. The number of pyridine rings is 1. The third-order valence-corrected chi connectivity index (χ3v) is 3.92. The van der Waals surface area contributed by atoms with Gasteiger partial charge in [0.2, 0.25) is 5.88 Å². The summed E-state index contributed by atoms with van der Waals surface area (Å²) in [5.41, 5.74) is 8.47. The number of aromatic amines is 1. The first-order valence-electron chi connectivity index (χ1n) is 8.25. The molecule has 1 amide bonds. The number of rotatable bonds is 4. The molecule has 0 bridgehead atoms. The Bertz CT molecular complexity index is 1100. The lowest BCUT2D eigenvalue weighted by Gasteiger charge is -2.05. The summed E-state index contributed by atoms with van der Waals surface area (Å²) in [6.07, 6.45) is 0.824. The molecule has 2 heterocycles. The molecule has 4 aromatic rings. The smallest absolute Gasteiger partial charge is 0.409 e. The van der Waals surface area contributed by atoms with Gasteiger partial charge in [0.05, 0.1) is 11.0 Å². The van der Waals surface area contributed by atoms with Crippen molar-refractivity contribution in [2.24, 2.45) is 5.73 Å². The van der Waals surface area contributed by atoms with E-state index in [0.29, 0.717) is 17.5 Å². The first kappa shape index (κ1) is 16.6. The van der Waals surface area contributed by atoms with E-state index in [1.165, 1.54) is 5.56 Å². The normalized spacial score (nSPS) is 10.7. The van der Waals surface area contributed by atoms with Crippen LogP contribution in [0, 0.1) is 6.92 Å². The summed E-state index contributed by atoms with van der Waals surface area (Å²) in [6, 6.07) is 16.5. The average Bonchev–Trinajstić information content (AvgIpc) is 3.07. The van der Waals surface area contributed by atoms with Crippen LogP contribution in [0.25, 0.3) is 22.4 Å². The van der Waals surface area contributed by atoms with Crippen LogP contribution in [-0.2, 0) is 0 Å². The highest BCUT2D eigenvalue weighted by atomic mass is 16.5. The second-order valence-electron chi connectivity index (χ2n) is 5.99. The summed E-state index contributed by atoms with van der Waals surface area (Å²) in [5.74, 6) is 2.23. The van der Waals surface area contributed by atoms with Gasteiger partial charge in [0.25, 0.3) is 0 Å². The first-order valence-corrected chi connectivity index (χ1v) is 8.25. The number of imidazole rings is 1. The number of aryl methyl sites for hydroxylation is 1. The van der Waals surface area contributed by atoms with Crippen molar-refractivity contribution < 1.29 is 14.3 Å². The van der Waals surface area contributed by atoms with Crippen LogP contribution in [0.2, 0.25) is 0 Å². The molecular weight excluding hydrogens is 344 g/mol. The van der Waals surface area contributed by atoms with Gasteiger partial charge < -0.3 is 20.2 Å². The zero-order chi connectivity index (χ0) is 18.8. The molecule has 0 radical (unpaired) electrons. The number of hydrogen-bond acceptors (Lipinski definition) is 5. The van der Waals surface area contributed by atoms with Crippen LogP contribution in [0.3, 0.4) is 0 Å². The maximum Gasteiger partial charge on any atom is 0.409 e. The van der Waals surface area contributed by atoms with E-state index in [0.717, 1.165) is 22.3 Å². The Morgan fingerprint density at radius 3 is 2.52 bits per heavy atom. The van der Waals surface area contributed by atoms with Crippen LogP contribution in [0.15, 0.2) is 60.8 Å². The van der Waals surface area contributed by atoms with Crippen molar-refractivity contribution in [2.45, 2.75) is 6.92 Å². The molecule has 27 heavy (non-hydrogen) atoms. The average molecular weight is 360 g/mol. The van der Waals surface area contributed by atoms with Gasteiger partial charge in [0.1, 0.15) is 17.3 Å². The molecule has 134 valence electrons. The van der Waals surface area contributed by atoms with Crippen molar-refractivity contribution in [1.82, 2.24) is 15.0 Å². The summed E-state index contributed by atoms with van der Waals surface area (Å²) in [7, 11) is 0. The molecule has 7 heteroatoms. The Kier molecular flexibility index (Phi) is 4.18. The number of hydrogen-bond donors (Lipinski definition) is 2. The number of H-pyrrole nitrogens is 1. The summed E-state index contributed by atoms with van der Waals surface area (Å²) >= 11 is 0. The molecule has 0 saturated carbocycles. The van der Waals surface area contributed by atoms with Gasteiger partial charge in [-0.1, -0.05) is 17.7 Å². The number of carbonyl (C=O) groups excluding carboxylic acids is 1. The third-order valence-electron chi connectivity index (χ3n) is 3.92. The molecule has 0 spiro atoms. The van der Waals surface area contributed by atoms with Crippen molar-refractivity contribution in [1.29, 1.82) is 0 Å². The van der Waals surface area contributed by atoms with Crippen molar-refractivity contribution in [3.8, 4) is 28.8 Å². The largest absolute Gasteiger partial charge is 0.439 e. The van der Waals surface area contributed by atoms with Gasteiger partial charge in [0.15, 0.2) is 0 Å². The number of amides is 1. The van der Waals surface area contributed by atoms with E-state index in [-0.39, 0.29) is 0 Å². The molecule has 2 aromatic carbocycles. The number of ether oxygens (including phenoxy) is 2. The van der Waals surface area contributed by atoms with Crippen molar-refractivity contribution in [3.05, 3.63) is 66.4 Å². The van der Waals surface area contributed by atoms with Crippen molar-refractivity contribution in [3.63, 3.8) is 0 Å². The van der Waals surface area contributed by atoms with E-state index in [9.17, 15) is 4.79 Å². The van der Waals surface area contributed by atoms with Gasteiger partial charge in [-0.05, 0) is 37.3 Å². The predicted molar refractivity (Wildman–Crippen MR) is 101 cm³/mol. The molecule has 2 aromatic heterocycles. The lowest BCUT2D eigenvalue weighted by molar-refractivity contribution is 0.211. The van der Waals surface area contributed by atoms with Gasteiger partial charge >= 0.3 is 6.09 Å². The fourth-order valence-corrected chi connectivity index (χ4v) is 2.61. The molecule has 3 N–H and O–H groups in total. The van der Waals surface area contributed by atoms with Crippen LogP contribution in [-0.4, -0.2) is 21.0 Å². The molecule has 0 atom stereocenters. The zero-order valence-electron chi connectivity index (χ0n) is 14.5. The maximum absolute atomic E-state index is 10.9. The third kappa shape index (κ3) is 3.72. The topological polar surface area (TPSA) is 103 Å². The van der Waals surface area contributed by atoms with E-state index in [2.05, 4.69) is 15.0 Å². The number of fused-ring (bicyclic) bond motifs is 1. The van der Waals surface area contributed by atoms with Gasteiger partial charge in [-0.2, -0.15) is 0 Å². The van der Waals surface area contributed by atoms with Crippen LogP contribution in [0.4, 0.5) is 4.79 Å². The molecule has 0 fully saturated rings. The minimum Gasteiger partial charge on any atom is -0.439 e. The Balaban J connectivity index is 1.56. The number of nitrogens with two attached hydrogens (primary N) is 1. The fraction of sp³-hybridized carbons (Fsp3) is 0.0500. The van der Waals surface area contributed by atoms with Crippen LogP contribution in [0.5, 0.6) is 17.4 Å². The second kappa shape index (κ2) is 6.80. The fourth-order valence-electron chi connectivity index (χ4n) is 2.61. The monoisotopic (exact) mass is 360 g/mol. The Morgan fingerprint density at radius 1 is 1.04 bits per heavy atom. The number of carbonyl (C=O) groups is 1. The summed E-state index contributed by atoms with van der Waals surface area (Å²) < 4.78 is 10.6. The highest BCUT2D eigenvalue weighted by Crippen LogP contribution is 2.25. The van der Waals surface area contributed by atoms with Crippen LogP contribution >= 0.6 is 0 Å². The van der Waals surface area contributed by atoms with Crippen molar-refractivity contribution >= 4 is 17.1 Å². The van der Waals surface area contributed by atoms with Crippen molar-refractivity contribution in [2.75, 3.05) is 0 Å². The summed E-state index contributed by atoms with van der Waals surface area (Å²) in [5, 5.41) is 0. The number of benzene rings is 2. The minimum absolute atomic E-state index is 0.352. The zero-order valence-corrected chi connectivity index (χ0v) is 14.5. The van der Waals surface area contributed by atoms with E-state index >= 15 is 0 Å². The lowest BCUT2D eigenvalue weighted by atomic mass is 10.2. The van der Waals surface area contributed by atoms with Gasteiger partial charge in [-0.3, -0.25) is 0 Å². The molecule has 0 saturated heterocycles. The first-order chi connectivity index (χ1) is 13.1. The molecule has 7 nitrogen and oxygen atoms in total. The number of primary amides is 1. The Morgan fingerprint density at radius 2 is 1.81 bits per heavy atom. The van der Waals surface area contributed by atoms with E-state index < -0.39 is 6.09 Å². The predicted octanol–water partition coefficient (Wildman–Crippen LogP) is 4.18. The van der Waals surface area contributed by atoms with Crippen LogP contribution in [0.1, 0.15) is 5.56 Å². The van der Waals surface area contributed by atoms with E-state index in [1.807, 2.05) is 37.3 Å². The minimum atomic E-state index is -0.859. The highest BCUT2D eigenvalue weighted by molar-refractivity contribution is 5.81. The molecule has 0 unspecified atom stereocenters. The number of aromatic nitrogens is 3. The van der Waals surface area contributed by atoms with Gasteiger partial charge in [0, 0.05) is 23.9 Å². The number of nitrogens with zero attached hydrogens (tertiary/aromatic N) is 2. The Hall–Kier alpha value is -3.87. The molecular formula is C20H16N4O3. The Labute approximate surface area is 154 Å². The quantitative estimate of drug-likeness (QED) is 0.568. The van der Waals surface area contributed by atoms with E-state index in [1.54, 1.807) is 30.5 Å². The SMILES string of the molecule is Cc1ccc(Oc2ccc(-c3nc4ccc(OC(N)=O)cc4[nH]3)cn2)cc1. The standard InChI is InChI=1S/C20H16N4O3/c1-12-2-5-14(6-3-12)26-18-9-4-13(11-22-18)19-23-16-8-7-15(27-20(21)25)10-17(16)24-19/h2-11H,1H3,(H2,21,25)(H,23,24). The molecule has 0 aliphatic carbocycles. The van der Waals surface area contributed by atoms with Gasteiger partial charge in [-0.15, -0.1) is 0 Å². The van der Waals surface area contributed by atoms with Gasteiger partial charge in [-0.25, -0.2) is 14.8 Å². The second-order valence-corrected chi connectivity index (χ2v) is 5.99. The highest BCUT2D eigenvalue weighted by Gasteiger charge is 2.09. The summed E-state index contributed by atoms with van der Waals surface area (Å²) in [4.78, 5) is 22.9. The van der Waals surface area contributed by atoms with Crippen LogP contribution < -0.4 is 15.2 Å². The number of nitrogens with one attached hydrogen (secondary N) is 1.